The average molecular weight is 311 g/mol. The van der Waals surface area contributed by atoms with Gasteiger partial charge in [0, 0.05) is 17.6 Å². The van der Waals surface area contributed by atoms with Crippen LogP contribution in [-0.2, 0) is 6.54 Å². The molecule has 3 rings (SSSR count). The third-order valence-corrected chi connectivity index (χ3v) is 4.53. The van der Waals surface area contributed by atoms with E-state index < -0.39 is 0 Å². The first-order chi connectivity index (χ1) is 9.63. The number of halogens is 1. The van der Waals surface area contributed by atoms with Crippen molar-refractivity contribution >= 4 is 22.9 Å². The summed E-state index contributed by atoms with van der Waals surface area (Å²) in [5, 5.41) is 7.18. The van der Waals surface area contributed by atoms with Gasteiger partial charge in [0.05, 0.1) is 11.1 Å². The lowest BCUT2D eigenvalue weighted by Crippen LogP contribution is -2.17. The van der Waals surface area contributed by atoms with Crippen molar-refractivity contribution in [1.82, 2.24) is 10.3 Å². The van der Waals surface area contributed by atoms with Gasteiger partial charge in [-0.05, 0) is 31.5 Å². The molecule has 1 unspecified atom stereocenters. The lowest BCUT2D eigenvalue weighted by Gasteiger charge is -2.12. The molecule has 0 amide bonds. The second kappa shape index (κ2) is 5.60. The highest BCUT2D eigenvalue weighted by molar-refractivity contribution is 7.09. The number of benzene rings is 1. The van der Waals surface area contributed by atoms with Crippen LogP contribution in [-0.4, -0.2) is 11.8 Å². The number of rotatable bonds is 4. The van der Waals surface area contributed by atoms with Gasteiger partial charge in [0.25, 0.3) is 0 Å². The van der Waals surface area contributed by atoms with Crippen LogP contribution < -0.4 is 14.8 Å². The summed E-state index contributed by atoms with van der Waals surface area (Å²) in [7, 11) is 0. The first-order valence-corrected chi connectivity index (χ1v) is 7.62. The van der Waals surface area contributed by atoms with Gasteiger partial charge in [0.15, 0.2) is 11.5 Å². The van der Waals surface area contributed by atoms with E-state index in [1.165, 1.54) is 0 Å². The predicted octanol–water partition coefficient (Wildman–Crippen LogP) is 3.68. The van der Waals surface area contributed by atoms with Gasteiger partial charge >= 0.3 is 0 Å². The summed E-state index contributed by atoms with van der Waals surface area (Å²) >= 11 is 7.84. The Labute approximate surface area is 126 Å². The van der Waals surface area contributed by atoms with Gasteiger partial charge in [-0.2, -0.15) is 0 Å². The number of aryl methyl sites for hydroxylation is 1. The first kappa shape index (κ1) is 13.7. The van der Waals surface area contributed by atoms with E-state index in [2.05, 4.69) is 22.6 Å². The van der Waals surface area contributed by atoms with Crippen molar-refractivity contribution < 1.29 is 9.47 Å². The molecule has 106 valence electrons. The molecule has 0 bridgehead atoms. The standard InChI is InChI=1S/C14H15ClN2O2S/c1-8-6-20-14(17-8)9(2)16-5-10-3-11(15)13-12(4-10)18-7-19-13/h3-4,6,9,16H,5,7H2,1-2H3. The molecule has 2 heterocycles. The summed E-state index contributed by atoms with van der Waals surface area (Å²) in [6.07, 6.45) is 0. The maximum atomic E-state index is 6.17. The zero-order chi connectivity index (χ0) is 14.1. The van der Waals surface area contributed by atoms with Crippen LogP contribution in [0.3, 0.4) is 0 Å². The lowest BCUT2D eigenvalue weighted by molar-refractivity contribution is 0.174. The number of nitrogens with zero attached hydrogens (tertiary/aromatic N) is 1. The topological polar surface area (TPSA) is 43.4 Å². The molecular formula is C14H15ClN2O2S. The Morgan fingerprint density at radius 2 is 2.30 bits per heavy atom. The van der Waals surface area contributed by atoms with Gasteiger partial charge in [-0.3, -0.25) is 0 Å². The van der Waals surface area contributed by atoms with E-state index in [-0.39, 0.29) is 12.8 Å². The molecule has 4 nitrogen and oxygen atoms in total. The van der Waals surface area contributed by atoms with Crippen LogP contribution in [0.5, 0.6) is 11.5 Å². The highest BCUT2D eigenvalue weighted by atomic mass is 35.5. The number of fused-ring (bicyclic) bond motifs is 1. The smallest absolute Gasteiger partial charge is 0.231 e. The van der Waals surface area contributed by atoms with Crippen LogP contribution in [0.4, 0.5) is 0 Å². The van der Waals surface area contributed by atoms with Crippen molar-refractivity contribution in [2.75, 3.05) is 6.79 Å². The fourth-order valence-corrected chi connectivity index (χ4v) is 3.17. The molecule has 20 heavy (non-hydrogen) atoms. The normalized spacial score (nSPS) is 14.6. The molecule has 1 aliphatic heterocycles. The zero-order valence-electron chi connectivity index (χ0n) is 11.3. The molecule has 1 aromatic carbocycles. The van der Waals surface area contributed by atoms with E-state index in [1.807, 2.05) is 19.1 Å². The predicted molar refractivity (Wildman–Crippen MR) is 79.7 cm³/mol. The van der Waals surface area contributed by atoms with Crippen molar-refractivity contribution in [1.29, 1.82) is 0 Å². The molecule has 1 atom stereocenters. The first-order valence-electron chi connectivity index (χ1n) is 6.37. The van der Waals surface area contributed by atoms with Gasteiger partial charge in [0.1, 0.15) is 5.01 Å². The minimum absolute atomic E-state index is 0.206. The molecule has 1 aliphatic rings. The number of ether oxygens (including phenoxy) is 2. The van der Waals surface area contributed by atoms with Crippen molar-refractivity contribution in [2.24, 2.45) is 0 Å². The van der Waals surface area contributed by atoms with Gasteiger partial charge < -0.3 is 14.8 Å². The lowest BCUT2D eigenvalue weighted by atomic mass is 10.2. The maximum absolute atomic E-state index is 6.17. The molecule has 0 saturated heterocycles. The highest BCUT2D eigenvalue weighted by Gasteiger charge is 2.18. The van der Waals surface area contributed by atoms with E-state index in [4.69, 9.17) is 21.1 Å². The second-order valence-electron chi connectivity index (χ2n) is 4.74. The quantitative estimate of drug-likeness (QED) is 0.935. The van der Waals surface area contributed by atoms with Gasteiger partial charge in [-0.15, -0.1) is 11.3 Å². The van der Waals surface area contributed by atoms with E-state index >= 15 is 0 Å². The summed E-state index contributed by atoms with van der Waals surface area (Å²) < 4.78 is 10.7. The molecular weight excluding hydrogens is 296 g/mol. The third kappa shape index (κ3) is 2.75. The molecule has 0 saturated carbocycles. The molecule has 0 fully saturated rings. The minimum Gasteiger partial charge on any atom is -0.454 e. The summed E-state index contributed by atoms with van der Waals surface area (Å²) in [4.78, 5) is 4.48. The van der Waals surface area contributed by atoms with E-state index in [0.29, 0.717) is 23.1 Å². The van der Waals surface area contributed by atoms with Crippen molar-refractivity contribution in [3.05, 3.63) is 38.8 Å². The van der Waals surface area contributed by atoms with Gasteiger partial charge in [-0.25, -0.2) is 4.98 Å². The number of aromatic nitrogens is 1. The Kier molecular flexibility index (Phi) is 3.83. The third-order valence-electron chi connectivity index (χ3n) is 3.11. The largest absolute Gasteiger partial charge is 0.454 e. The molecule has 1 N–H and O–H groups in total. The minimum atomic E-state index is 0.206. The second-order valence-corrected chi connectivity index (χ2v) is 6.04. The van der Waals surface area contributed by atoms with E-state index in [1.54, 1.807) is 11.3 Å². The SMILES string of the molecule is Cc1csc(C(C)NCc2cc(Cl)c3c(c2)OCO3)n1. The van der Waals surface area contributed by atoms with Crippen molar-refractivity contribution in [3.63, 3.8) is 0 Å². The summed E-state index contributed by atoms with van der Waals surface area (Å²) in [5.41, 5.74) is 2.13. The summed E-state index contributed by atoms with van der Waals surface area (Å²) in [6, 6.07) is 4.07. The number of thiazole rings is 1. The fraction of sp³-hybridized carbons (Fsp3) is 0.357. The van der Waals surface area contributed by atoms with Crippen molar-refractivity contribution in [2.45, 2.75) is 26.4 Å². The van der Waals surface area contributed by atoms with Crippen LogP contribution in [0, 0.1) is 6.92 Å². The van der Waals surface area contributed by atoms with Crippen LogP contribution >= 0.6 is 22.9 Å². The van der Waals surface area contributed by atoms with Crippen molar-refractivity contribution in [3.8, 4) is 11.5 Å². The van der Waals surface area contributed by atoms with Crippen LogP contribution in [0.25, 0.3) is 0 Å². The Balaban J connectivity index is 1.68. The maximum Gasteiger partial charge on any atom is 0.231 e. The fourth-order valence-electron chi connectivity index (χ4n) is 2.05. The number of nitrogens with one attached hydrogen (secondary N) is 1. The molecule has 6 heteroatoms. The highest BCUT2D eigenvalue weighted by Crippen LogP contribution is 2.39. The molecule has 1 aromatic heterocycles. The van der Waals surface area contributed by atoms with Gasteiger partial charge in [-0.1, -0.05) is 11.6 Å². The Hall–Kier alpha value is -1.30. The average Bonchev–Trinajstić information content (AvgIpc) is 3.04. The van der Waals surface area contributed by atoms with E-state index in [9.17, 15) is 0 Å². The monoisotopic (exact) mass is 310 g/mol. The molecule has 0 radical (unpaired) electrons. The number of hydrogen-bond acceptors (Lipinski definition) is 5. The van der Waals surface area contributed by atoms with Gasteiger partial charge in [0.2, 0.25) is 6.79 Å². The zero-order valence-corrected chi connectivity index (χ0v) is 12.8. The molecule has 0 aliphatic carbocycles. The van der Waals surface area contributed by atoms with Crippen LogP contribution in [0.1, 0.15) is 29.2 Å². The Morgan fingerprint density at radius 1 is 1.45 bits per heavy atom. The summed E-state index contributed by atoms with van der Waals surface area (Å²) in [6.45, 7) is 5.05. The van der Waals surface area contributed by atoms with Crippen LogP contribution in [0.2, 0.25) is 5.02 Å². The Bertz CT molecular complexity index is 630. The Morgan fingerprint density at radius 3 is 3.05 bits per heavy atom. The summed E-state index contributed by atoms with van der Waals surface area (Å²) in [5.74, 6) is 1.35. The van der Waals surface area contributed by atoms with Crippen LogP contribution in [0.15, 0.2) is 17.5 Å². The van der Waals surface area contributed by atoms with E-state index in [0.717, 1.165) is 16.3 Å². The molecule has 0 spiro atoms. The number of hydrogen-bond donors (Lipinski definition) is 1. The molecule has 2 aromatic rings.